The standard InChI is InChI=1S/C14H19N3S/c1-9(2)18-13-8-16-17(14(13)15)12-7-10(3)5-6-11(12)4/h5-9H,15H2,1-4H3. The fourth-order valence-corrected chi connectivity index (χ4v) is 2.65. The quantitative estimate of drug-likeness (QED) is 0.859. The Hall–Kier alpha value is -1.42. The van der Waals surface area contributed by atoms with Crippen molar-refractivity contribution >= 4 is 17.6 Å². The van der Waals surface area contributed by atoms with Gasteiger partial charge in [-0.25, -0.2) is 4.68 Å². The number of nitrogens with zero attached hydrogens (tertiary/aromatic N) is 2. The van der Waals surface area contributed by atoms with Crippen LogP contribution in [0.15, 0.2) is 29.3 Å². The Labute approximate surface area is 112 Å². The average molecular weight is 261 g/mol. The molecule has 0 atom stereocenters. The van der Waals surface area contributed by atoms with Gasteiger partial charge in [0.2, 0.25) is 0 Å². The largest absolute Gasteiger partial charge is 0.383 e. The lowest BCUT2D eigenvalue weighted by atomic mass is 10.1. The molecule has 0 aliphatic rings. The lowest BCUT2D eigenvalue weighted by Gasteiger charge is -2.10. The van der Waals surface area contributed by atoms with E-state index < -0.39 is 0 Å². The van der Waals surface area contributed by atoms with Crippen LogP contribution >= 0.6 is 11.8 Å². The Morgan fingerprint density at radius 1 is 1.28 bits per heavy atom. The minimum atomic E-state index is 0.503. The summed E-state index contributed by atoms with van der Waals surface area (Å²) in [6, 6.07) is 6.31. The molecule has 0 fully saturated rings. The first-order valence-electron chi connectivity index (χ1n) is 6.07. The molecule has 2 N–H and O–H groups in total. The number of rotatable bonds is 3. The second kappa shape index (κ2) is 5.06. The Balaban J connectivity index is 2.45. The molecule has 0 amide bonds. The molecule has 0 unspecified atom stereocenters. The topological polar surface area (TPSA) is 43.8 Å². The molecule has 0 saturated heterocycles. The Morgan fingerprint density at radius 3 is 2.67 bits per heavy atom. The van der Waals surface area contributed by atoms with E-state index in [1.165, 1.54) is 11.1 Å². The molecule has 0 saturated carbocycles. The van der Waals surface area contributed by atoms with Crippen molar-refractivity contribution in [3.63, 3.8) is 0 Å². The summed E-state index contributed by atoms with van der Waals surface area (Å²) in [5, 5.41) is 4.92. The van der Waals surface area contributed by atoms with Crippen molar-refractivity contribution in [1.29, 1.82) is 0 Å². The first kappa shape index (κ1) is 13.0. The van der Waals surface area contributed by atoms with E-state index in [0.717, 1.165) is 16.4 Å². The number of anilines is 1. The molecule has 0 bridgehead atoms. The van der Waals surface area contributed by atoms with Gasteiger partial charge in [0, 0.05) is 5.25 Å². The smallest absolute Gasteiger partial charge is 0.140 e. The summed E-state index contributed by atoms with van der Waals surface area (Å²) in [5.41, 5.74) is 9.63. The lowest BCUT2D eigenvalue weighted by molar-refractivity contribution is 0.881. The van der Waals surface area contributed by atoms with Gasteiger partial charge in [-0.15, -0.1) is 11.8 Å². The van der Waals surface area contributed by atoms with Crippen LogP contribution in [0.3, 0.4) is 0 Å². The Morgan fingerprint density at radius 2 is 2.00 bits per heavy atom. The molecule has 1 aromatic heterocycles. The minimum absolute atomic E-state index is 0.503. The predicted molar refractivity (Wildman–Crippen MR) is 78.4 cm³/mol. The van der Waals surface area contributed by atoms with E-state index in [9.17, 15) is 0 Å². The Bertz CT molecular complexity index is 558. The fraction of sp³-hybridized carbons (Fsp3) is 0.357. The number of nitrogens with two attached hydrogens (primary N) is 1. The van der Waals surface area contributed by atoms with Gasteiger partial charge in [0.1, 0.15) is 5.82 Å². The fourth-order valence-electron chi connectivity index (χ4n) is 1.83. The highest BCUT2D eigenvalue weighted by molar-refractivity contribution is 8.00. The van der Waals surface area contributed by atoms with E-state index in [4.69, 9.17) is 5.73 Å². The van der Waals surface area contributed by atoms with Crippen LogP contribution in [0, 0.1) is 13.8 Å². The number of benzene rings is 1. The van der Waals surface area contributed by atoms with E-state index in [2.05, 4.69) is 51.0 Å². The summed E-state index contributed by atoms with van der Waals surface area (Å²) in [7, 11) is 0. The molecule has 0 aliphatic carbocycles. The molecule has 0 spiro atoms. The molecule has 0 radical (unpaired) electrons. The van der Waals surface area contributed by atoms with E-state index in [-0.39, 0.29) is 0 Å². The number of thioether (sulfide) groups is 1. The SMILES string of the molecule is Cc1ccc(C)c(-n2ncc(SC(C)C)c2N)c1. The monoisotopic (exact) mass is 261 g/mol. The molecule has 3 nitrogen and oxygen atoms in total. The molecule has 96 valence electrons. The van der Waals surface area contributed by atoms with Crippen molar-refractivity contribution < 1.29 is 0 Å². The second-order valence-electron chi connectivity index (χ2n) is 4.76. The highest BCUT2D eigenvalue weighted by atomic mass is 32.2. The second-order valence-corrected chi connectivity index (χ2v) is 6.38. The molecule has 2 rings (SSSR count). The lowest BCUT2D eigenvalue weighted by Crippen LogP contribution is -2.04. The van der Waals surface area contributed by atoms with Gasteiger partial charge < -0.3 is 5.73 Å². The van der Waals surface area contributed by atoms with Crippen molar-refractivity contribution in [2.75, 3.05) is 5.73 Å². The Kier molecular flexibility index (Phi) is 3.66. The molecule has 1 aromatic carbocycles. The molecule has 4 heteroatoms. The van der Waals surface area contributed by atoms with E-state index in [0.29, 0.717) is 5.25 Å². The zero-order chi connectivity index (χ0) is 13.3. The van der Waals surface area contributed by atoms with Gasteiger partial charge >= 0.3 is 0 Å². The summed E-state index contributed by atoms with van der Waals surface area (Å²) in [6.07, 6.45) is 1.85. The maximum Gasteiger partial charge on any atom is 0.140 e. The van der Waals surface area contributed by atoms with Crippen LogP contribution < -0.4 is 5.73 Å². The van der Waals surface area contributed by atoms with Gasteiger partial charge in [0.25, 0.3) is 0 Å². The number of nitrogen functional groups attached to an aromatic ring is 1. The minimum Gasteiger partial charge on any atom is -0.383 e. The summed E-state index contributed by atoms with van der Waals surface area (Å²) >= 11 is 1.74. The van der Waals surface area contributed by atoms with E-state index in [1.54, 1.807) is 11.8 Å². The number of hydrogen-bond donors (Lipinski definition) is 1. The summed E-state index contributed by atoms with van der Waals surface area (Å²) < 4.78 is 1.83. The third-order valence-corrected chi connectivity index (χ3v) is 3.77. The third-order valence-electron chi connectivity index (χ3n) is 2.73. The third kappa shape index (κ3) is 2.53. The van der Waals surface area contributed by atoms with Crippen molar-refractivity contribution in [2.24, 2.45) is 0 Å². The van der Waals surface area contributed by atoms with Gasteiger partial charge in [-0.3, -0.25) is 0 Å². The highest BCUT2D eigenvalue weighted by Crippen LogP contribution is 2.30. The van der Waals surface area contributed by atoms with Crippen LogP contribution in [0.4, 0.5) is 5.82 Å². The normalized spacial score (nSPS) is 11.2. The first-order valence-corrected chi connectivity index (χ1v) is 6.94. The molecule has 2 aromatic rings. The first-order chi connectivity index (χ1) is 8.49. The van der Waals surface area contributed by atoms with Crippen molar-refractivity contribution in [2.45, 2.75) is 37.8 Å². The summed E-state index contributed by atoms with van der Waals surface area (Å²) in [4.78, 5) is 1.05. The van der Waals surface area contributed by atoms with Crippen molar-refractivity contribution in [1.82, 2.24) is 9.78 Å². The zero-order valence-corrected chi connectivity index (χ0v) is 12.1. The number of hydrogen-bond acceptors (Lipinski definition) is 3. The predicted octanol–water partition coefficient (Wildman–Crippen LogP) is 3.57. The molecule has 0 aliphatic heterocycles. The van der Waals surface area contributed by atoms with Gasteiger partial charge in [-0.2, -0.15) is 5.10 Å². The molecular weight excluding hydrogens is 242 g/mol. The van der Waals surface area contributed by atoms with E-state index in [1.807, 2.05) is 10.9 Å². The van der Waals surface area contributed by atoms with E-state index >= 15 is 0 Å². The number of aromatic nitrogens is 2. The zero-order valence-electron chi connectivity index (χ0n) is 11.3. The van der Waals surface area contributed by atoms with Crippen LogP contribution in [0.1, 0.15) is 25.0 Å². The number of aryl methyl sites for hydroxylation is 2. The maximum absolute atomic E-state index is 6.18. The summed E-state index contributed by atoms with van der Waals surface area (Å²) in [5.74, 6) is 0.724. The summed E-state index contributed by atoms with van der Waals surface area (Å²) in [6.45, 7) is 8.45. The molecular formula is C14H19N3S. The van der Waals surface area contributed by atoms with Gasteiger partial charge in [0.15, 0.2) is 0 Å². The van der Waals surface area contributed by atoms with Gasteiger partial charge in [0.05, 0.1) is 16.8 Å². The molecule has 1 heterocycles. The van der Waals surface area contributed by atoms with Gasteiger partial charge in [-0.05, 0) is 31.0 Å². The van der Waals surface area contributed by atoms with Crippen LogP contribution in [0.25, 0.3) is 5.69 Å². The van der Waals surface area contributed by atoms with Crippen molar-refractivity contribution in [3.05, 3.63) is 35.5 Å². The highest BCUT2D eigenvalue weighted by Gasteiger charge is 2.12. The van der Waals surface area contributed by atoms with Gasteiger partial charge in [-0.1, -0.05) is 26.0 Å². The van der Waals surface area contributed by atoms with Crippen LogP contribution in [0.2, 0.25) is 0 Å². The van der Waals surface area contributed by atoms with Crippen LogP contribution in [-0.4, -0.2) is 15.0 Å². The maximum atomic E-state index is 6.18. The molecule has 18 heavy (non-hydrogen) atoms. The average Bonchev–Trinajstić information content (AvgIpc) is 2.64. The van der Waals surface area contributed by atoms with Crippen molar-refractivity contribution in [3.8, 4) is 5.69 Å². The van der Waals surface area contributed by atoms with Crippen LogP contribution in [0.5, 0.6) is 0 Å². The van der Waals surface area contributed by atoms with Crippen LogP contribution in [-0.2, 0) is 0 Å².